The molecule has 0 aromatic rings. The highest BCUT2D eigenvalue weighted by molar-refractivity contribution is 5.92. The summed E-state index contributed by atoms with van der Waals surface area (Å²) in [6.07, 6.45) is -2.75. The Morgan fingerprint density at radius 3 is 1.71 bits per heavy atom. The molecule has 0 aromatic carbocycles. The lowest BCUT2D eigenvalue weighted by Gasteiger charge is -2.11. The van der Waals surface area contributed by atoms with Crippen LogP contribution in [0.15, 0.2) is 0 Å². The highest BCUT2D eigenvalue weighted by Crippen LogP contribution is 2.10. The summed E-state index contributed by atoms with van der Waals surface area (Å²) in [6, 6.07) is 0. The minimum absolute atomic E-state index is 0.614. The largest absolute Gasteiger partial charge is 0.481 e. The van der Waals surface area contributed by atoms with Gasteiger partial charge in [-0.05, 0) is 6.42 Å². The molecule has 0 rings (SSSR count). The van der Waals surface area contributed by atoms with Gasteiger partial charge in [-0.1, -0.05) is 0 Å². The van der Waals surface area contributed by atoms with Crippen LogP contribution in [0.2, 0.25) is 0 Å². The van der Waals surface area contributed by atoms with E-state index >= 15 is 0 Å². The van der Waals surface area contributed by atoms with E-state index in [2.05, 4.69) is 0 Å². The Labute approximate surface area is 78.6 Å². The number of aliphatic carboxylic acids is 3. The second-order valence-corrected chi connectivity index (χ2v) is 2.72. The third kappa shape index (κ3) is 4.41. The Balaban J connectivity index is 4.23. The topological polar surface area (TPSA) is 132 Å². The van der Waals surface area contributed by atoms with E-state index in [1.54, 1.807) is 0 Å². The maximum Gasteiger partial charge on any atom is 0.317 e. The summed E-state index contributed by atoms with van der Waals surface area (Å²) in [7, 11) is 0. The highest BCUT2D eigenvalue weighted by atomic mass is 16.4. The zero-order valence-corrected chi connectivity index (χ0v) is 7.08. The molecular weight excluding hydrogens is 196 g/mol. The lowest BCUT2D eigenvalue weighted by atomic mass is 10.0. The zero-order valence-electron chi connectivity index (χ0n) is 7.08. The molecule has 0 bridgehead atoms. The molecule has 0 aliphatic heterocycles. The molecule has 4 N–H and O–H groups in total. The number of aliphatic hydroxyl groups excluding tert-OH is 1. The Morgan fingerprint density at radius 2 is 1.43 bits per heavy atom. The predicted octanol–water partition coefficient (Wildman–Crippen LogP) is -1.00. The van der Waals surface area contributed by atoms with E-state index in [1.165, 1.54) is 0 Å². The monoisotopic (exact) mass is 206 g/mol. The summed E-state index contributed by atoms with van der Waals surface area (Å²) in [6.45, 7) is 0. The number of aliphatic hydroxyl groups is 1. The number of carboxylic acid groups (broad SMARTS) is 3. The molecule has 7 nitrogen and oxygen atoms in total. The molecule has 0 aliphatic carbocycles. The van der Waals surface area contributed by atoms with Crippen molar-refractivity contribution in [1.29, 1.82) is 0 Å². The quantitative estimate of drug-likeness (QED) is 0.409. The van der Waals surface area contributed by atoms with Crippen LogP contribution in [-0.2, 0) is 14.4 Å². The molecule has 7 heteroatoms. The van der Waals surface area contributed by atoms with Crippen LogP contribution in [0.3, 0.4) is 0 Å². The molecular formula is C7H10O7. The van der Waals surface area contributed by atoms with Gasteiger partial charge in [-0.15, -0.1) is 0 Å². The van der Waals surface area contributed by atoms with Gasteiger partial charge in [0.15, 0.2) is 5.92 Å². The summed E-state index contributed by atoms with van der Waals surface area (Å²) in [5.41, 5.74) is 0. The van der Waals surface area contributed by atoms with Crippen molar-refractivity contribution < 1.29 is 34.8 Å². The van der Waals surface area contributed by atoms with Gasteiger partial charge in [0.1, 0.15) is 0 Å². The summed E-state index contributed by atoms with van der Waals surface area (Å²) in [4.78, 5) is 30.7. The fourth-order valence-electron chi connectivity index (χ4n) is 0.864. The van der Waals surface area contributed by atoms with Gasteiger partial charge in [0.2, 0.25) is 0 Å². The van der Waals surface area contributed by atoms with Crippen molar-refractivity contribution in [3.63, 3.8) is 0 Å². The van der Waals surface area contributed by atoms with Crippen LogP contribution in [0.5, 0.6) is 0 Å². The smallest absolute Gasteiger partial charge is 0.317 e. The fourth-order valence-corrected chi connectivity index (χ4v) is 0.864. The Hall–Kier alpha value is -1.63. The molecule has 0 radical (unpaired) electrons. The molecule has 0 aliphatic rings. The molecule has 0 amide bonds. The zero-order chi connectivity index (χ0) is 11.3. The first-order chi connectivity index (χ1) is 6.34. The van der Waals surface area contributed by atoms with Crippen molar-refractivity contribution in [2.24, 2.45) is 5.92 Å². The number of carboxylic acids is 3. The van der Waals surface area contributed by atoms with Gasteiger partial charge in [0.25, 0.3) is 0 Å². The summed E-state index contributed by atoms with van der Waals surface area (Å²) < 4.78 is 0. The number of hydrogen-bond acceptors (Lipinski definition) is 4. The van der Waals surface area contributed by atoms with E-state index in [4.69, 9.17) is 20.4 Å². The highest BCUT2D eigenvalue weighted by Gasteiger charge is 2.29. The molecule has 0 saturated carbocycles. The normalized spacial score (nSPS) is 12.4. The van der Waals surface area contributed by atoms with Gasteiger partial charge < -0.3 is 20.4 Å². The maximum absolute atomic E-state index is 10.3. The van der Waals surface area contributed by atoms with E-state index in [0.29, 0.717) is 0 Å². The maximum atomic E-state index is 10.3. The van der Waals surface area contributed by atoms with Crippen molar-refractivity contribution in [1.82, 2.24) is 0 Å². The van der Waals surface area contributed by atoms with E-state index < -0.39 is 42.8 Å². The second kappa shape index (κ2) is 5.18. The van der Waals surface area contributed by atoms with Gasteiger partial charge >= 0.3 is 17.9 Å². The standard InChI is InChI=1S/C7H10O7/c8-3(2-5(9)10)1-4(6(11)12)7(13)14/h3-4,8H,1-2H2,(H,9,10)(H,11,12)(H,13,14). The first kappa shape index (κ1) is 12.4. The third-order valence-electron chi connectivity index (χ3n) is 1.51. The van der Waals surface area contributed by atoms with Crippen molar-refractivity contribution >= 4 is 17.9 Å². The number of hydrogen-bond donors (Lipinski definition) is 4. The molecule has 0 saturated heterocycles. The Morgan fingerprint density at radius 1 is 1.00 bits per heavy atom. The molecule has 0 heterocycles. The lowest BCUT2D eigenvalue weighted by Crippen LogP contribution is -2.28. The van der Waals surface area contributed by atoms with Crippen molar-refractivity contribution in [2.75, 3.05) is 0 Å². The molecule has 0 fully saturated rings. The fraction of sp³-hybridized carbons (Fsp3) is 0.571. The van der Waals surface area contributed by atoms with Crippen LogP contribution in [-0.4, -0.2) is 44.4 Å². The van der Waals surface area contributed by atoms with E-state index in [9.17, 15) is 14.4 Å². The van der Waals surface area contributed by atoms with Crippen LogP contribution in [0.4, 0.5) is 0 Å². The van der Waals surface area contributed by atoms with Crippen LogP contribution in [0.1, 0.15) is 12.8 Å². The van der Waals surface area contributed by atoms with Gasteiger partial charge in [0.05, 0.1) is 12.5 Å². The van der Waals surface area contributed by atoms with E-state index in [0.717, 1.165) is 0 Å². The van der Waals surface area contributed by atoms with Crippen molar-refractivity contribution in [3.05, 3.63) is 0 Å². The van der Waals surface area contributed by atoms with Gasteiger partial charge in [-0.3, -0.25) is 14.4 Å². The molecule has 14 heavy (non-hydrogen) atoms. The van der Waals surface area contributed by atoms with Crippen LogP contribution < -0.4 is 0 Å². The first-order valence-corrected chi connectivity index (χ1v) is 3.70. The van der Waals surface area contributed by atoms with Crippen LogP contribution in [0.25, 0.3) is 0 Å². The summed E-state index contributed by atoms with van der Waals surface area (Å²) >= 11 is 0. The number of rotatable bonds is 6. The van der Waals surface area contributed by atoms with Gasteiger partial charge in [-0.25, -0.2) is 0 Å². The van der Waals surface area contributed by atoms with E-state index in [1.807, 2.05) is 0 Å². The third-order valence-corrected chi connectivity index (χ3v) is 1.51. The van der Waals surface area contributed by atoms with E-state index in [-0.39, 0.29) is 0 Å². The van der Waals surface area contributed by atoms with Crippen molar-refractivity contribution in [3.8, 4) is 0 Å². The Kier molecular flexibility index (Phi) is 4.57. The van der Waals surface area contributed by atoms with Crippen LogP contribution in [0, 0.1) is 5.92 Å². The minimum atomic E-state index is -1.77. The molecule has 0 spiro atoms. The average molecular weight is 206 g/mol. The average Bonchev–Trinajstić information content (AvgIpc) is 1.97. The minimum Gasteiger partial charge on any atom is -0.481 e. The SMILES string of the molecule is O=C(O)CC(O)CC(C(=O)O)C(=O)O. The molecule has 1 atom stereocenters. The summed E-state index contributed by atoms with van der Waals surface area (Å²) in [5, 5.41) is 34.0. The molecule has 1 unspecified atom stereocenters. The van der Waals surface area contributed by atoms with Crippen LogP contribution >= 0.6 is 0 Å². The molecule has 0 aromatic heterocycles. The summed E-state index contributed by atoms with van der Waals surface area (Å²) in [5.74, 6) is -6.28. The second-order valence-electron chi connectivity index (χ2n) is 2.72. The molecule has 80 valence electrons. The number of carbonyl (C=O) groups is 3. The Bertz CT molecular complexity index is 232. The van der Waals surface area contributed by atoms with Crippen molar-refractivity contribution in [2.45, 2.75) is 18.9 Å². The predicted molar refractivity (Wildman–Crippen MR) is 41.6 cm³/mol. The van der Waals surface area contributed by atoms with Gasteiger partial charge in [-0.2, -0.15) is 0 Å². The first-order valence-electron chi connectivity index (χ1n) is 3.70. The lowest BCUT2D eigenvalue weighted by molar-refractivity contribution is -0.157. The van der Waals surface area contributed by atoms with Gasteiger partial charge in [0, 0.05) is 0 Å².